The Balaban J connectivity index is 1.34. The maximum Gasteiger partial charge on any atom is 0.336 e. The zero-order chi connectivity index (χ0) is 31.2. The number of aliphatic hydroxyl groups is 1. The van der Waals surface area contributed by atoms with Crippen LogP contribution in [-0.4, -0.2) is 69.0 Å². The molecular formula is C33H31NO10. The number of carbonyl (C=O) groups is 2. The lowest BCUT2D eigenvalue weighted by atomic mass is 10.1. The van der Waals surface area contributed by atoms with E-state index in [9.17, 15) is 19.5 Å². The van der Waals surface area contributed by atoms with Crippen LogP contribution in [0, 0.1) is 0 Å². The molecule has 1 aliphatic heterocycles. The summed E-state index contributed by atoms with van der Waals surface area (Å²) in [6, 6.07) is 17.2. The Labute approximate surface area is 252 Å². The summed E-state index contributed by atoms with van der Waals surface area (Å²) in [6.45, 7) is 0.886. The molecule has 1 aromatic heterocycles. The summed E-state index contributed by atoms with van der Waals surface area (Å²) in [6.07, 6.45) is 1.62. The second-order valence-corrected chi connectivity index (χ2v) is 10.1. The number of nitrogens with zero attached hydrogens (tertiary/aromatic N) is 1. The summed E-state index contributed by atoms with van der Waals surface area (Å²) in [7, 11) is 5.06. The van der Waals surface area contributed by atoms with Gasteiger partial charge in [0.05, 0.1) is 14.2 Å². The van der Waals surface area contributed by atoms with Gasteiger partial charge in [0.1, 0.15) is 35.2 Å². The highest BCUT2D eigenvalue weighted by atomic mass is 16.6. The van der Waals surface area contributed by atoms with Gasteiger partial charge >= 0.3 is 11.9 Å². The highest BCUT2D eigenvalue weighted by Gasteiger charge is 2.25. The number of aliphatic hydroxyl groups excluding tert-OH is 1. The average molecular weight is 602 g/mol. The van der Waals surface area contributed by atoms with E-state index in [0.29, 0.717) is 30.2 Å². The molecule has 1 atom stereocenters. The molecule has 0 amide bonds. The molecule has 0 fully saturated rings. The predicted octanol–water partition coefficient (Wildman–Crippen LogP) is 3.77. The summed E-state index contributed by atoms with van der Waals surface area (Å²) in [5.74, 6) is -0.778. The van der Waals surface area contributed by atoms with Crippen LogP contribution in [0.2, 0.25) is 0 Å². The summed E-state index contributed by atoms with van der Waals surface area (Å²) < 4.78 is 33.3. The van der Waals surface area contributed by atoms with Crippen molar-refractivity contribution in [1.29, 1.82) is 0 Å². The number of methoxy groups -OCH3 is 2. The summed E-state index contributed by atoms with van der Waals surface area (Å²) in [5.41, 5.74) is 0.897. The van der Waals surface area contributed by atoms with Crippen LogP contribution in [0.25, 0.3) is 22.3 Å². The highest BCUT2D eigenvalue weighted by Crippen LogP contribution is 2.37. The fourth-order valence-electron chi connectivity index (χ4n) is 4.74. The second-order valence-electron chi connectivity index (χ2n) is 10.1. The lowest BCUT2D eigenvalue weighted by Gasteiger charge is -2.21. The smallest absolute Gasteiger partial charge is 0.336 e. The fourth-order valence-corrected chi connectivity index (χ4v) is 4.74. The second kappa shape index (κ2) is 13.4. The number of carbonyl (C=O) groups excluding carboxylic acids is 2. The lowest BCUT2D eigenvalue weighted by Crippen LogP contribution is -2.34. The van der Waals surface area contributed by atoms with Crippen LogP contribution < -0.4 is 29.1 Å². The molecule has 1 unspecified atom stereocenters. The first-order valence-electron chi connectivity index (χ1n) is 13.8. The van der Waals surface area contributed by atoms with Gasteiger partial charge in [-0.1, -0.05) is 36.4 Å². The summed E-state index contributed by atoms with van der Waals surface area (Å²) in [4.78, 5) is 40.2. The van der Waals surface area contributed by atoms with Gasteiger partial charge in [0.2, 0.25) is 11.2 Å². The van der Waals surface area contributed by atoms with E-state index in [0.717, 1.165) is 24.1 Å². The van der Waals surface area contributed by atoms with E-state index in [1.807, 2.05) is 30.1 Å². The summed E-state index contributed by atoms with van der Waals surface area (Å²) in [5, 5.41) is 10.6. The minimum Gasteiger partial charge on any atom is -0.493 e. The average Bonchev–Trinajstić information content (AvgIpc) is 3.02. The number of likely N-dealkylation sites (N-methyl/N-ethyl adjacent to an activating group) is 1. The van der Waals surface area contributed by atoms with Gasteiger partial charge in [0.25, 0.3) is 0 Å². The zero-order valence-electron chi connectivity index (χ0n) is 24.4. The van der Waals surface area contributed by atoms with Crippen molar-refractivity contribution in [3.8, 4) is 40.1 Å². The molecule has 4 aromatic rings. The van der Waals surface area contributed by atoms with Crippen LogP contribution in [0.4, 0.5) is 0 Å². The van der Waals surface area contributed by atoms with Crippen molar-refractivity contribution < 1.29 is 42.8 Å². The van der Waals surface area contributed by atoms with Gasteiger partial charge in [-0.05, 0) is 31.2 Å². The van der Waals surface area contributed by atoms with Gasteiger partial charge < -0.3 is 38.1 Å². The van der Waals surface area contributed by atoms with Crippen LogP contribution >= 0.6 is 0 Å². The lowest BCUT2D eigenvalue weighted by molar-refractivity contribution is -0.131. The van der Waals surface area contributed by atoms with Crippen molar-refractivity contribution >= 4 is 22.9 Å². The largest absolute Gasteiger partial charge is 0.493 e. The first-order chi connectivity index (χ1) is 21.2. The van der Waals surface area contributed by atoms with E-state index in [4.69, 9.17) is 28.1 Å². The van der Waals surface area contributed by atoms with Crippen LogP contribution in [0.15, 0.2) is 82.0 Å². The third kappa shape index (κ3) is 6.91. The SMILES string of the molecule is COc1ccc(CCN(C)CC(O)COc2cc3c4c(=O)c(c(-c5ccccc5)oc4c2)OC(=O)/C=C\C(=O)O3)cc1OC. The van der Waals surface area contributed by atoms with Gasteiger partial charge in [-0.25, -0.2) is 9.59 Å². The first kappa shape index (κ1) is 30.3. The molecule has 44 heavy (non-hydrogen) atoms. The zero-order valence-corrected chi connectivity index (χ0v) is 24.4. The molecule has 11 heteroatoms. The minimum atomic E-state index is -0.933. The van der Waals surface area contributed by atoms with Crippen LogP contribution in [0.1, 0.15) is 5.56 Å². The van der Waals surface area contributed by atoms with Crippen LogP contribution in [-0.2, 0) is 16.0 Å². The van der Waals surface area contributed by atoms with Gasteiger partial charge in [0.15, 0.2) is 17.3 Å². The molecule has 1 aliphatic rings. The molecule has 0 saturated heterocycles. The Morgan fingerprint density at radius 2 is 1.61 bits per heavy atom. The van der Waals surface area contributed by atoms with Crippen LogP contribution in [0.3, 0.4) is 0 Å². The van der Waals surface area contributed by atoms with E-state index in [-0.39, 0.29) is 40.6 Å². The Morgan fingerprint density at radius 1 is 0.886 bits per heavy atom. The van der Waals surface area contributed by atoms with E-state index in [1.54, 1.807) is 44.6 Å². The van der Waals surface area contributed by atoms with Crippen molar-refractivity contribution in [3.63, 3.8) is 0 Å². The number of ether oxygens (including phenoxy) is 5. The van der Waals surface area contributed by atoms with Gasteiger partial charge in [-0.3, -0.25) is 4.79 Å². The van der Waals surface area contributed by atoms with Gasteiger partial charge in [-0.2, -0.15) is 0 Å². The van der Waals surface area contributed by atoms with Crippen molar-refractivity contribution in [2.75, 3.05) is 41.0 Å². The fraction of sp³-hybridized carbons (Fsp3) is 0.242. The monoisotopic (exact) mass is 601 g/mol. The molecule has 0 spiro atoms. The van der Waals surface area contributed by atoms with Crippen molar-refractivity contribution in [1.82, 2.24) is 4.90 Å². The van der Waals surface area contributed by atoms with Crippen molar-refractivity contribution in [3.05, 3.63) is 88.6 Å². The molecule has 228 valence electrons. The Kier molecular flexibility index (Phi) is 9.27. The minimum absolute atomic E-state index is 0.0241. The number of esters is 2. The van der Waals surface area contributed by atoms with Crippen molar-refractivity contribution in [2.24, 2.45) is 0 Å². The van der Waals surface area contributed by atoms with Gasteiger partial charge in [-0.15, -0.1) is 0 Å². The third-order valence-electron chi connectivity index (χ3n) is 6.89. The number of rotatable bonds is 11. The Bertz CT molecular complexity index is 1760. The van der Waals surface area contributed by atoms with Crippen LogP contribution in [0.5, 0.6) is 28.7 Å². The van der Waals surface area contributed by atoms with Gasteiger partial charge in [0, 0.05) is 42.9 Å². The van der Waals surface area contributed by atoms with Crippen molar-refractivity contribution in [2.45, 2.75) is 12.5 Å². The summed E-state index contributed by atoms with van der Waals surface area (Å²) >= 11 is 0. The third-order valence-corrected chi connectivity index (χ3v) is 6.89. The Hall–Kier alpha value is -5.13. The molecular weight excluding hydrogens is 570 g/mol. The molecule has 2 bridgehead atoms. The maximum atomic E-state index is 13.6. The quantitative estimate of drug-likeness (QED) is 0.199. The topological polar surface area (TPSA) is 134 Å². The number of hydrogen-bond donors (Lipinski definition) is 1. The van der Waals surface area contributed by atoms with E-state index >= 15 is 0 Å². The molecule has 2 heterocycles. The molecule has 1 N–H and O–H groups in total. The normalized spacial score (nSPS) is 14.2. The Morgan fingerprint density at radius 3 is 2.34 bits per heavy atom. The van der Waals surface area contributed by atoms with E-state index < -0.39 is 23.5 Å². The molecule has 0 saturated carbocycles. The molecule has 0 radical (unpaired) electrons. The maximum absolute atomic E-state index is 13.6. The molecule has 3 aromatic carbocycles. The first-order valence-corrected chi connectivity index (χ1v) is 13.8. The number of fused-ring (bicyclic) bond motifs is 1. The number of benzene rings is 3. The van der Waals surface area contributed by atoms with E-state index in [2.05, 4.69) is 0 Å². The standard InChI is InChI=1S/C33H31NO10/c1-34(14-13-20-9-10-24(39-2)25(15-20)40-3)18-22(35)19-41-23-16-26-30-27(17-23)43-32(21-7-5-4-6-8-21)33(31(30)38)44-29(37)12-11-28(36)42-26/h4-12,15-17,22,35H,13-14,18-19H2,1-3H3/b12-11-. The van der Waals surface area contributed by atoms with E-state index in [1.165, 1.54) is 12.1 Å². The number of hydrogen-bond acceptors (Lipinski definition) is 11. The molecule has 11 nitrogen and oxygen atoms in total. The molecule has 0 aliphatic carbocycles. The molecule has 5 rings (SSSR count). The highest BCUT2D eigenvalue weighted by molar-refractivity contribution is 5.98. The predicted molar refractivity (Wildman–Crippen MR) is 161 cm³/mol.